The number of benzene rings is 1. The van der Waals surface area contributed by atoms with E-state index < -0.39 is 22.2 Å². The lowest BCUT2D eigenvalue weighted by Crippen LogP contribution is -2.53. The molecule has 4 rings (SSSR count). The smallest absolute Gasteiger partial charge is 0.277 e. The van der Waals surface area contributed by atoms with Gasteiger partial charge in [0.05, 0.1) is 27.7 Å². The Morgan fingerprint density at radius 2 is 1.34 bits per heavy atom. The van der Waals surface area contributed by atoms with Crippen LogP contribution >= 0.6 is 0 Å². The van der Waals surface area contributed by atoms with E-state index in [9.17, 15) is 20.3 Å². The van der Waals surface area contributed by atoms with Gasteiger partial charge < -0.3 is 5.11 Å². The molecule has 0 unspecified atom stereocenters. The fourth-order valence-corrected chi connectivity index (χ4v) is 4.04. The fraction of sp³-hybridized carbons (Fsp3) is 0.520. The molecule has 0 fully saturated rings. The first-order valence-corrected chi connectivity index (χ1v) is 11.5. The van der Waals surface area contributed by atoms with Gasteiger partial charge in [-0.1, -0.05) is 6.07 Å². The summed E-state index contributed by atoms with van der Waals surface area (Å²) in [5, 5.41) is 34.3. The minimum absolute atomic E-state index is 0.0433. The Labute approximate surface area is 205 Å². The number of carbonyl (C=O) groups excluding carboxylic acids is 1. The van der Waals surface area contributed by atoms with Gasteiger partial charge in [0, 0.05) is 7.05 Å². The Morgan fingerprint density at radius 3 is 1.83 bits per heavy atom. The number of aromatic hydroxyl groups is 1. The summed E-state index contributed by atoms with van der Waals surface area (Å²) in [5.41, 5.74) is -1.48. The van der Waals surface area contributed by atoms with E-state index in [1.807, 2.05) is 55.4 Å². The second kappa shape index (κ2) is 7.38. The van der Waals surface area contributed by atoms with Crippen molar-refractivity contribution in [3.05, 3.63) is 35.0 Å². The van der Waals surface area contributed by atoms with Crippen LogP contribution in [0.1, 0.15) is 66.5 Å². The van der Waals surface area contributed by atoms with E-state index in [-0.39, 0.29) is 34.9 Å². The summed E-state index contributed by atoms with van der Waals surface area (Å²) in [6, 6.07) is 4.80. The lowest BCUT2D eigenvalue weighted by molar-refractivity contribution is -0.121. The van der Waals surface area contributed by atoms with Crippen molar-refractivity contribution >= 4 is 29.5 Å². The average molecular weight is 483 g/mol. The average Bonchev–Trinajstić information content (AvgIpc) is 3.18. The van der Waals surface area contributed by atoms with Crippen molar-refractivity contribution in [2.24, 2.45) is 15.0 Å². The summed E-state index contributed by atoms with van der Waals surface area (Å²) < 4.78 is 0. The van der Waals surface area contributed by atoms with E-state index >= 15 is 0 Å². The molecule has 10 nitrogen and oxygen atoms in total. The van der Waals surface area contributed by atoms with Crippen LogP contribution in [0.15, 0.2) is 38.9 Å². The first kappa shape index (κ1) is 24.9. The summed E-state index contributed by atoms with van der Waals surface area (Å²) in [6.07, 6.45) is 1.59. The number of carbonyl (C=O) groups is 1. The highest BCUT2D eigenvalue weighted by Crippen LogP contribution is 2.40. The Balaban J connectivity index is 1.74. The van der Waals surface area contributed by atoms with Gasteiger partial charge >= 0.3 is 0 Å². The van der Waals surface area contributed by atoms with Crippen molar-refractivity contribution in [2.45, 2.75) is 77.5 Å². The van der Waals surface area contributed by atoms with Gasteiger partial charge in [0.2, 0.25) is 0 Å². The second-order valence-electron chi connectivity index (χ2n) is 11.3. The normalized spacial score (nSPS) is 25.3. The summed E-state index contributed by atoms with van der Waals surface area (Å²) in [5.74, 6) is 0.339. The lowest BCUT2D eigenvalue weighted by atomic mass is 9.84. The molecule has 0 radical (unpaired) electrons. The number of rotatable bonds is 3. The standard InChI is InChI=1S/C25H34N6O4/c1-22(2)24(5,6)30(34)18(27-22)15-12-14(10-11-17(15)32)13-16-21(33)29(9)19(26-16)20-28-23(3,4)25(7,8)31(20)35/h10-13,32,34-35H,1-9H3/b16-13-. The van der Waals surface area contributed by atoms with Crippen molar-refractivity contribution < 1.29 is 20.3 Å². The number of hydroxylamine groups is 4. The quantitative estimate of drug-likeness (QED) is 0.568. The topological polar surface area (TPSA) is 125 Å². The molecule has 0 spiro atoms. The van der Waals surface area contributed by atoms with E-state index in [4.69, 9.17) is 0 Å². The summed E-state index contributed by atoms with van der Waals surface area (Å²) in [4.78, 5) is 28.1. The Morgan fingerprint density at radius 1 is 0.829 bits per heavy atom. The predicted octanol–water partition coefficient (Wildman–Crippen LogP) is 3.27. The third-order valence-corrected chi connectivity index (χ3v) is 8.06. The van der Waals surface area contributed by atoms with Crippen molar-refractivity contribution in [2.75, 3.05) is 7.05 Å². The molecule has 10 heteroatoms. The zero-order valence-electron chi connectivity index (χ0n) is 21.7. The van der Waals surface area contributed by atoms with Gasteiger partial charge in [-0.15, -0.1) is 0 Å². The number of nitrogens with zero attached hydrogens (tertiary/aromatic N) is 6. The first-order valence-electron chi connectivity index (χ1n) is 11.5. The molecule has 0 saturated carbocycles. The van der Waals surface area contributed by atoms with Gasteiger partial charge in [-0.3, -0.25) is 30.1 Å². The Kier molecular flexibility index (Phi) is 5.24. The predicted molar refractivity (Wildman–Crippen MR) is 134 cm³/mol. The number of likely N-dealkylation sites (N-methyl/N-ethyl adjacent to an activating group) is 1. The van der Waals surface area contributed by atoms with Gasteiger partial charge in [-0.25, -0.2) is 15.1 Å². The molecule has 3 heterocycles. The maximum absolute atomic E-state index is 13.0. The number of hydrogen-bond acceptors (Lipinski definition) is 9. The lowest BCUT2D eigenvalue weighted by Gasteiger charge is -2.36. The fourth-order valence-electron chi connectivity index (χ4n) is 4.04. The summed E-state index contributed by atoms with van der Waals surface area (Å²) in [7, 11) is 1.58. The van der Waals surface area contributed by atoms with Gasteiger partial charge in [-0.2, -0.15) is 0 Å². The minimum Gasteiger partial charge on any atom is -0.507 e. The Hall–Kier alpha value is -3.24. The van der Waals surface area contributed by atoms with E-state index in [1.165, 1.54) is 11.0 Å². The highest BCUT2D eigenvalue weighted by atomic mass is 16.5. The molecule has 1 amide bonds. The van der Waals surface area contributed by atoms with Gasteiger partial charge in [0.1, 0.15) is 11.4 Å². The minimum atomic E-state index is -0.688. The molecule has 0 bridgehead atoms. The zero-order chi connectivity index (χ0) is 26.3. The number of hydrogen-bond donors (Lipinski definition) is 3. The molecule has 0 aromatic heterocycles. The molecule has 0 aliphatic carbocycles. The van der Waals surface area contributed by atoms with Crippen LogP contribution in [0.4, 0.5) is 0 Å². The molecule has 1 aromatic rings. The molecule has 35 heavy (non-hydrogen) atoms. The van der Waals surface area contributed by atoms with Gasteiger partial charge in [0.15, 0.2) is 17.5 Å². The maximum Gasteiger partial charge on any atom is 0.277 e. The highest BCUT2D eigenvalue weighted by molar-refractivity contribution is 6.46. The van der Waals surface area contributed by atoms with Crippen LogP contribution in [0.25, 0.3) is 6.08 Å². The second-order valence-corrected chi connectivity index (χ2v) is 11.3. The summed E-state index contributed by atoms with van der Waals surface area (Å²) in [6.45, 7) is 15.1. The molecular formula is C25H34N6O4. The maximum atomic E-state index is 13.0. The number of phenols is 1. The van der Waals surface area contributed by atoms with Crippen molar-refractivity contribution in [3.8, 4) is 5.75 Å². The number of amides is 1. The number of phenolic OH excluding ortho intramolecular Hbond substituents is 1. The molecule has 3 N–H and O–H groups in total. The molecule has 0 saturated heterocycles. The molecule has 3 aliphatic rings. The van der Waals surface area contributed by atoms with Gasteiger partial charge in [0.25, 0.3) is 5.91 Å². The van der Waals surface area contributed by atoms with Crippen molar-refractivity contribution in [1.29, 1.82) is 0 Å². The third kappa shape index (κ3) is 3.46. The molecule has 1 aromatic carbocycles. The molecule has 0 atom stereocenters. The van der Waals surface area contributed by atoms with E-state index in [0.717, 1.165) is 10.1 Å². The van der Waals surface area contributed by atoms with Crippen molar-refractivity contribution in [3.63, 3.8) is 0 Å². The first-order chi connectivity index (χ1) is 15.9. The number of aliphatic imine (C=N–C) groups is 3. The monoisotopic (exact) mass is 482 g/mol. The third-order valence-electron chi connectivity index (χ3n) is 8.06. The van der Waals surface area contributed by atoms with Crippen molar-refractivity contribution in [1.82, 2.24) is 15.0 Å². The van der Waals surface area contributed by atoms with E-state index in [1.54, 1.807) is 25.3 Å². The van der Waals surface area contributed by atoms with Gasteiger partial charge in [-0.05, 0) is 79.2 Å². The van der Waals surface area contributed by atoms with E-state index in [0.29, 0.717) is 11.1 Å². The zero-order valence-corrected chi connectivity index (χ0v) is 21.7. The van der Waals surface area contributed by atoms with Crippen LogP contribution in [-0.4, -0.2) is 83.2 Å². The van der Waals surface area contributed by atoms with Crippen LogP contribution in [0.2, 0.25) is 0 Å². The molecule has 3 aliphatic heterocycles. The van der Waals surface area contributed by atoms with Crippen LogP contribution in [0, 0.1) is 0 Å². The van der Waals surface area contributed by atoms with Crippen LogP contribution in [-0.2, 0) is 4.79 Å². The highest BCUT2D eigenvalue weighted by Gasteiger charge is 2.52. The Bertz CT molecular complexity index is 1240. The van der Waals surface area contributed by atoms with Crippen LogP contribution in [0.3, 0.4) is 0 Å². The summed E-state index contributed by atoms with van der Waals surface area (Å²) >= 11 is 0. The SMILES string of the molecule is CN1C(=O)/C(=C/c2ccc(O)c(C3=NC(C)(C)C(C)(C)N3O)c2)N=C1C1=NC(C)(C)C(C)(C)N1O. The van der Waals surface area contributed by atoms with Crippen LogP contribution in [0.5, 0.6) is 5.75 Å². The van der Waals surface area contributed by atoms with E-state index in [2.05, 4.69) is 15.0 Å². The molecule has 188 valence electrons. The number of amidine groups is 3. The van der Waals surface area contributed by atoms with Crippen LogP contribution < -0.4 is 0 Å². The largest absolute Gasteiger partial charge is 0.507 e. The molecular weight excluding hydrogens is 448 g/mol.